The number of thioether (sulfide) groups is 1. The van der Waals surface area contributed by atoms with Crippen LogP contribution >= 0.6 is 23.4 Å². The van der Waals surface area contributed by atoms with Crippen molar-refractivity contribution in [2.45, 2.75) is 17.2 Å². The van der Waals surface area contributed by atoms with Gasteiger partial charge in [0.15, 0.2) is 0 Å². The van der Waals surface area contributed by atoms with Crippen molar-refractivity contribution in [2.75, 3.05) is 5.32 Å². The van der Waals surface area contributed by atoms with Crippen LogP contribution in [-0.4, -0.2) is 16.1 Å². The monoisotopic (exact) mass is 317 g/mol. The van der Waals surface area contributed by atoms with Crippen molar-refractivity contribution in [2.24, 2.45) is 0 Å². The number of carbonyl (C=O) groups is 1. The summed E-state index contributed by atoms with van der Waals surface area (Å²) in [6, 6.07) is 12.3. The molecule has 0 spiro atoms. The minimum Gasteiger partial charge on any atom is -0.325 e. The maximum Gasteiger partial charge on any atom is 0.237 e. The number of nitrogens with zero attached hydrogens (tertiary/aromatic N) is 2. The molecule has 0 saturated carbocycles. The van der Waals surface area contributed by atoms with Gasteiger partial charge in [-0.1, -0.05) is 29.4 Å². The van der Waals surface area contributed by atoms with Gasteiger partial charge in [-0.15, -0.1) is 0 Å². The molecule has 0 unspecified atom stereocenters. The Morgan fingerprint density at radius 2 is 2.24 bits per heavy atom. The molecule has 2 rings (SSSR count). The first kappa shape index (κ1) is 15.4. The number of anilines is 1. The molecule has 21 heavy (non-hydrogen) atoms. The molecule has 1 atom stereocenters. The van der Waals surface area contributed by atoms with Crippen LogP contribution in [0.1, 0.15) is 12.5 Å². The Labute approximate surface area is 132 Å². The summed E-state index contributed by atoms with van der Waals surface area (Å²) in [5, 5.41) is 12.4. The molecule has 1 N–H and O–H groups in total. The van der Waals surface area contributed by atoms with Crippen molar-refractivity contribution >= 4 is 35.0 Å². The molecule has 0 aliphatic rings. The molecule has 2 aromatic rings. The van der Waals surface area contributed by atoms with Gasteiger partial charge in [-0.25, -0.2) is 4.98 Å². The fourth-order valence-electron chi connectivity index (χ4n) is 1.58. The molecule has 0 radical (unpaired) electrons. The van der Waals surface area contributed by atoms with Crippen LogP contribution in [0.5, 0.6) is 0 Å². The van der Waals surface area contributed by atoms with E-state index < -0.39 is 0 Å². The zero-order chi connectivity index (χ0) is 15.2. The van der Waals surface area contributed by atoms with Gasteiger partial charge in [-0.3, -0.25) is 4.79 Å². The lowest BCUT2D eigenvalue weighted by atomic mass is 10.2. The maximum atomic E-state index is 12.1. The molecule has 0 fully saturated rings. The summed E-state index contributed by atoms with van der Waals surface area (Å²) in [5.74, 6) is -0.147. The van der Waals surface area contributed by atoms with Gasteiger partial charge in [-0.2, -0.15) is 5.26 Å². The van der Waals surface area contributed by atoms with Crippen LogP contribution in [0.4, 0.5) is 5.69 Å². The second-order valence-corrected chi connectivity index (χ2v) is 5.99. The first-order chi connectivity index (χ1) is 10.1. The maximum absolute atomic E-state index is 12.1. The van der Waals surface area contributed by atoms with Gasteiger partial charge in [-0.05, 0) is 37.3 Å². The molecule has 1 aromatic heterocycles. The number of halogens is 1. The van der Waals surface area contributed by atoms with E-state index in [1.54, 1.807) is 31.3 Å². The molecule has 0 bridgehead atoms. The molecule has 0 aliphatic carbocycles. The summed E-state index contributed by atoms with van der Waals surface area (Å²) in [7, 11) is 0. The number of benzene rings is 1. The van der Waals surface area contributed by atoms with Gasteiger partial charge in [0.1, 0.15) is 6.07 Å². The lowest BCUT2D eigenvalue weighted by molar-refractivity contribution is -0.115. The van der Waals surface area contributed by atoms with Gasteiger partial charge in [0.2, 0.25) is 5.91 Å². The van der Waals surface area contributed by atoms with Crippen molar-refractivity contribution in [3.8, 4) is 6.07 Å². The lowest BCUT2D eigenvalue weighted by Crippen LogP contribution is -2.22. The van der Waals surface area contributed by atoms with Gasteiger partial charge in [0.25, 0.3) is 0 Å². The first-order valence-electron chi connectivity index (χ1n) is 6.18. The van der Waals surface area contributed by atoms with Crippen molar-refractivity contribution in [1.29, 1.82) is 5.26 Å². The lowest BCUT2D eigenvalue weighted by Gasteiger charge is -2.11. The first-order valence-corrected chi connectivity index (χ1v) is 7.44. The van der Waals surface area contributed by atoms with E-state index in [1.165, 1.54) is 11.8 Å². The average Bonchev–Trinajstić information content (AvgIpc) is 2.48. The highest BCUT2D eigenvalue weighted by Crippen LogP contribution is 2.24. The van der Waals surface area contributed by atoms with Gasteiger partial charge >= 0.3 is 0 Å². The Kier molecular flexibility index (Phi) is 5.20. The van der Waals surface area contributed by atoms with Crippen molar-refractivity contribution in [3.63, 3.8) is 0 Å². The highest BCUT2D eigenvalue weighted by molar-refractivity contribution is 8.00. The summed E-state index contributed by atoms with van der Waals surface area (Å²) in [6.07, 6.45) is 1.69. The largest absolute Gasteiger partial charge is 0.325 e. The van der Waals surface area contributed by atoms with E-state index in [-0.39, 0.29) is 11.2 Å². The summed E-state index contributed by atoms with van der Waals surface area (Å²) in [4.78, 5) is 16.3. The normalized spacial score (nSPS) is 11.5. The van der Waals surface area contributed by atoms with E-state index in [0.29, 0.717) is 16.3 Å². The SMILES string of the molecule is C[C@@H](Sc1ccccn1)C(=O)Nc1ccc(C#N)c(Cl)c1. The fraction of sp³-hybridized carbons (Fsp3) is 0.133. The molecule has 0 aliphatic heterocycles. The van der Waals surface area contributed by atoms with Gasteiger partial charge in [0, 0.05) is 11.9 Å². The molecule has 0 saturated heterocycles. The van der Waals surface area contributed by atoms with Crippen LogP contribution in [0, 0.1) is 11.3 Å². The summed E-state index contributed by atoms with van der Waals surface area (Å²) < 4.78 is 0. The van der Waals surface area contributed by atoms with E-state index in [1.807, 2.05) is 24.3 Å². The standard InChI is InChI=1S/C15H12ClN3OS/c1-10(21-14-4-2-3-7-18-14)15(20)19-12-6-5-11(9-17)13(16)8-12/h2-8,10H,1H3,(H,19,20)/t10-/m1/s1. The zero-order valence-electron chi connectivity index (χ0n) is 11.2. The van der Waals surface area contributed by atoms with Crippen LogP contribution in [0.25, 0.3) is 0 Å². The smallest absolute Gasteiger partial charge is 0.237 e. The van der Waals surface area contributed by atoms with Gasteiger partial charge < -0.3 is 5.32 Å². The minimum atomic E-state index is -0.297. The Bertz CT molecular complexity index is 685. The van der Waals surface area contributed by atoms with E-state index in [9.17, 15) is 4.79 Å². The number of hydrogen-bond acceptors (Lipinski definition) is 4. The minimum absolute atomic E-state index is 0.147. The number of pyridine rings is 1. The Morgan fingerprint density at radius 3 is 2.86 bits per heavy atom. The molecular weight excluding hydrogens is 306 g/mol. The number of rotatable bonds is 4. The van der Waals surface area contributed by atoms with E-state index in [2.05, 4.69) is 10.3 Å². The van der Waals surface area contributed by atoms with Crippen molar-refractivity contribution < 1.29 is 4.79 Å². The van der Waals surface area contributed by atoms with Crippen LogP contribution in [-0.2, 0) is 4.79 Å². The third-order valence-corrected chi connectivity index (χ3v) is 4.02. The number of aromatic nitrogens is 1. The Balaban J connectivity index is 2.01. The zero-order valence-corrected chi connectivity index (χ0v) is 12.8. The Morgan fingerprint density at radius 1 is 1.43 bits per heavy atom. The summed E-state index contributed by atoms with van der Waals surface area (Å²) in [5.41, 5.74) is 0.947. The highest BCUT2D eigenvalue weighted by atomic mass is 35.5. The predicted molar refractivity (Wildman–Crippen MR) is 84.4 cm³/mol. The van der Waals surface area contributed by atoms with Gasteiger partial charge in [0.05, 0.1) is 20.9 Å². The molecule has 106 valence electrons. The molecule has 4 nitrogen and oxygen atoms in total. The van der Waals surface area contributed by atoms with Crippen molar-refractivity contribution in [3.05, 3.63) is 53.2 Å². The van der Waals surface area contributed by atoms with Crippen LogP contribution in [0.3, 0.4) is 0 Å². The van der Waals surface area contributed by atoms with E-state index in [4.69, 9.17) is 16.9 Å². The molecule has 6 heteroatoms. The summed E-state index contributed by atoms with van der Waals surface area (Å²) in [6.45, 7) is 1.81. The quantitative estimate of drug-likeness (QED) is 0.873. The van der Waals surface area contributed by atoms with Crippen LogP contribution < -0.4 is 5.32 Å². The molecule has 1 heterocycles. The molecule has 1 amide bonds. The van der Waals surface area contributed by atoms with E-state index in [0.717, 1.165) is 5.03 Å². The highest BCUT2D eigenvalue weighted by Gasteiger charge is 2.15. The average molecular weight is 318 g/mol. The van der Waals surface area contributed by atoms with Crippen LogP contribution in [0.2, 0.25) is 5.02 Å². The second-order valence-electron chi connectivity index (χ2n) is 4.22. The summed E-state index contributed by atoms with van der Waals surface area (Å²) >= 11 is 7.31. The second kappa shape index (κ2) is 7.11. The predicted octanol–water partition coefficient (Wildman–Crippen LogP) is 3.73. The number of amides is 1. The number of nitriles is 1. The van der Waals surface area contributed by atoms with Crippen molar-refractivity contribution in [1.82, 2.24) is 4.98 Å². The van der Waals surface area contributed by atoms with E-state index >= 15 is 0 Å². The Hall–Kier alpha value is -2.03. The fourth-order valence-corrected chi connectivity index (χ4v) is 2.61. The topological polar surface area (TPSA) is 65.8 Å². The molecule has 1 aromatic carbocycles. The third kappa shape index (κ3) is 4.22. The van der Waals surface area contributed by atoms with Crippen LogP contribution in [0.15, 0.2) is 47.6 Å². The number of nitrogens with one attached hydrogen (secondary N) is 1. The number of carbonyl (C=O) groups excluding carboxylic acids is 1. The third-order valence-electron chi connectivity index (χ3n) is 2.66. The number of hydrogen-bond donors (Lipinski definition) is 1. The molecular formula is C15H12ClN3OS.